The van der Waals surface area contributed by atoms with Crippen LogP contribution in [0.15, 0.2) is 10.9 Å². The first-order valence-electron chi connectivity index (χ1n) is 3.61. The van der Waals surface area contributed by atoms with E-state index in [4.69, 9.17) is 0 Å². The minimum Gasteiger partial charge on any atom is -0.302 e. The van der Waals surface area contributed by atoms with Crippen LogP contribution in [0.2, 0.25) is 0 Å². The number of nitrogens with one attached hydrogen (secondary N) is 2. The third kappa shape index (κ3) is 1.12. The minimum atomic E-state index is -0.0179. The van der Waals surface area contributed by atoms with Crippen molar-refractivity contribution in [3.05, 3.63) is 22.1 Å². The van der Waals surface area contributed by atoms with Crippen LogP contribution in [-0.2, 0) is 6.42 Å². The number of hydrogen-bond donors (Lipinski definition) is 2. The first-order chi connectivity index (χ1) is 4.84. The van der Waals surface area contributed by atoms with Gasteiger partial charge in [-0.05, 0) is 25.2 Å². The second kappa shape index (κ2) is 2.01. The highest BCUT2D eigenvalue weighted by Crippen LogP contribution is 2.31. The SMILES string of the molecule is O=c1cc(CC2CC2)[nH][nH]1. The van der Waals surface area contributed by atoms with Gasteiger partial charge in [-0.2, -0.15) is 0 Å². The number of H-pyrrole nitrogens is 2. The van der Waals surface area contributed by atoms with Crippen LogP contribution in [-0.4, -0.2) is 10.2 Å². The average molecular weight is 138 g/mol. The Balaban J connectivity index is 2.10. The normalized spacial score (nSPS) is 17.6. The van der Waals surface area contributed by atoms with Gasteiger partial charge in [-0.3, -0.25) is 9.89 Å². The molecule has 0 spiro atoms. The van der Waals surface area contributed by atoms with Crippen LogP contribution in [0.5, 0.6) is 0 Å². The van der Waals surface area contributed by atoms with Gasteiger partial charge in [0.05, 0.1) is 0 Å². The van der Waals surface area contributed by atoms with E-state index in [1.807, 2.05) is 0 Å². The molecule has 0 aromatic carbocycles. The predicted octanol–water partition coefficient (Wildman–Crippen LogP) is 0.655. The van der Waals surface area contributed by atoms with Gasteiger partial charge in [-0.1, -0.05) is 0 Å². The largest absolute Gasteiger partial charge is 0.302 e. The lowest BCUT2D eigenvalue weighted by atomic mass is 10.2. The summed E-state index contributed by atoms with van der Waals surface area (Å²) in [5.41, 5.74) is 1.03. The third-order valence-corrected chi connectivity index (χ3v) is 1.86. The fraction of sp³-hybridized carbons (Fsp3) is 0.571. The lowest BCUT2D eigenvalue weighted by molar-refractivity contribution is 0.796. The Kier molecular flexibility index (Phi) is 1.16. The van der Waals surface area contributed by atoms with Gasteiger partial charge in [-0.25, -0.2) is 0 Å². The molecule has 0 atom stereocenters. The maximum absolute atomic E-state index is 10.6. The van der Waals surface area contributed by atoms with Crippen molar-refractivity contribution in [3.8, 4) is 0 Å². The third-order valence-electron chi connectivity index (χ3n) is 1.86. The van der Waals surface area contributed by atoms with Gasteiger partial charge in [0.1, 0.15) is 0 Å². The highest BCUT2D eigenvalue weighted by atomic mass is 16.1. The topological polar surface area (TPSA) is 48.6 Å². The predicted molar refractivity (Wildman–Crippen MR) is 37.8 cm³/mol. The number of rotatable bonds is 2. The fourth-order valence-electron chi connectivity index (χ4n) is 1.12. The first-order valence-corrected chi connectivity index (χ1v) is 3.61. The summed E-state index contributed by atoms with van der Waals surface area (Å²) in [6.07, 6.45) is 3.69. The molecule has 1 aliphatic carbocycles. The number of hydrogen-bond acceptors (Lipinski definition) is 1. The van der Waals surface area contributed by atoms with Crippen molar-refractivity contribution in [2.75, 3.05) is 0 Å². The van der Waals surface area contributed by atoms with Crippen molar-refractivity contribution in [1.29, 1.82) is 0 Å². The molecule has 0 bridgehead atoms. The molecule has 0 amide bonds. The summed E-state index contributed by atoms with van der Waals surface area (Å²) < 4.78 is 0. The minimum absolute atomic E-state index is 0.0179. The molecule has 0 aliphatic heterocycles. The molecule has 2 N–H and O–H groups in total. The van der Waals surface area contributed by atoms with Crippen LogP contribution in [0, 0.1) is 5.92 Å². The van der Waals surface area contributed by atoms with Gasteiger partial charge in [0.2, 0.25) is 0 Å². The highest BCUT2D eigenvalue weighted by Gasteiger charge is 2.21. The van der Waals surface area contributed by atoms with Crippen LogP contribution in [0.25, 0.3) is 0 Å². The van der Waals surface area contributed by atoms with Crippen LogP contribution in [0.3, 0.4) is 0 Å². The van der Waals surface area contributed by atoms with Gasteiger partial charge < -0.3 is 5.10 Å². The molecule has 10 heavy (non-hydrogen) atoms. The highest BCUT2D eigenvalue weighted by molar-refractivity contribution is 5.01. The molecule has 3 nitrogen and oxygen atoms in total. The first kappa shape index (κ1) is 5.77. The molecule has 1 heterocycles. The van der Waals surface area contributed by atoms with Crippen molar-refractivity contribution >= 4 is 0 Å². The van der Waals surface area contributed by atoms with Gasteiger partial charge >= 0.3 is 0 Å². The molecule has 0 saturated heterocycles. The summed E-state index contributed by atoms with van der Waals surface area (Å²) in [6.45, 7) is 0. The quantitative estimate of drug-likeness (QED) is 0.619. The van der Waals surface area contributed by atoms with Crippen molar-refractivity contribution in [2.45, 2.75) is 19.3 Å². The monoisotopic (exact) mass is 138 g/mol. The maximum atomic E-state index is 10.6. The van der Waals surface area contributed by atoms with Crippen molar-refractivity contribution in [1.82, 2.24) is 10.2 Å². The summed E-state index contributed by atoms with van der Waals surface area (Å²) in [6, 6.07) is 1.64. The second-order valence-electron chi connectivity index (χ2n) is 2.93. The van der Waals surface area contributed by atoms with E-state index in [0.717, 1.165) is 18.0 Å². The van der Waals surface area contributed by atoms with E-state index in [1.165, 1.54) is 12.8 Å². The fourth-order valence-corrected chi connectivity index (χ4v) is 1.12. The summed E-state index contributed by atoms with van der Waals surface area (Å²) in [7, 11) is 0. The smallest absolute Gasteiger partial charge is 0.264 e. The average Bonchev–Trinajstić information content (AvgIpc) is 2.59. The van der Waals surface area contributed by atoms with E-state index < -0.39 is 0 Å². The summed E-state index contributed by atoms with van der Waals surface area (Å²) in [5.74, 6) is 0.839. The summed E-state index contributed by atoms with van der Waals surface area (Å²) >= 11 is 0. The number of aromatic nitrogens is 2. The molecule has 0 radical (unpaired) electrons. The van der Waals surface area contributed by atoms with Crippen molar-refractivity contribution in [2.24, 2.45) is 5.92 Å². The molecular weight excluding hydrogens is 128 g/mol. The van der Waals surface area contributed by atoms with Crippen LogP contribution >= 0.6 is 0 Å². The number of aromatic amines is 2. The summed E-state index contributed by atoms with van der Waals surface area (Å²) in [5, 5.41) is 5.36. The van der Waals surface area contributed by atoms with Gasteiger partial charge in [-0.15, -0.1) is 0 Å². The van der Waals surface area contributed by atoms with Crippen molar-refractivity contribution < 1.29 is 0 Å². The molecule has 1 aliphatic rings. The van der Waals surface area contributed by atoms with Crippen LogP contribution < -0.4 is 5.56 Å². The standard InChI is InChI=1S/C7H10N2O/c10-7-4-6(8-9-7)3-5-1-2-5/h4-5H,1-3H2,(H2,8,9,10). The van der Waals surface area contributed by atoms with E-state index in [9.17, 15) is 4.79 Å². The Hall–Kier alpha value is -0.990. The lowest BCUT2D eigenvalue weighted by Gasteiger charge is -1.88. The van der Waals surface area contributed by atoms with E-state index >= 15 is 0 Å². The van der Waals surface area contributed by atoms with Gasteiger partial charge in [0.15, 0.2) is 0 Å². The van der Waals surface area contributed by atoms with Crippen molar-refractivity contribution in [3.63, 3.8) is 0 Å². The molecular formula is C7H10N2O. The zero-order valence-corrected chi connectivity index (χ0v) is 5.68. The molecule has 1 fully saturated rings. The lowest BCUT2D eigenvalue weighted by Crippen LogP contribution is -1.93. The van der Waals surface area contributed by atoms with E-state index in [-0.39, 0.29) is 5.56 Å². The van der Waals surface area contributed by atoms with E-state index in [0.29, 0.717) is 0 Å². The molecule has 1 aromatic rings. The summed E-state index contributed by atoms with van der Waals surface area (Å²) in [4.78, 5) is 10.6. The zero-order valence-electron chi connectivity index (χ0n) is 5.68. The zero-order chi connectivity index (χ0) is 6.97. The van der Waals surface area contributed by atoms with Gasteiger partial charge in [0.25, 0.3) is 5.56 Å². The molecule has 1 saturated carbocycles. The van der Waals surface area contributed by atoms with Gasteiger partial charge in [0, 0.05) is 11.8 Å². The molecule has 1 aromatic heterocycles. The molecule has 54 valence electrons. The van der Waals surface area contributed by atoms with E-state index in [1.54, 1.807) is 6.07 Å². The Morgan fingerprint density at radius 1 is 1.50 bits per heavy atom. The Morgan fingerprint density at radius 3 is 2.80 bits per heavy atom. The molecule has 0 unspecified atom stereocenters. The molecule has 3 heteroatoms. The van der Waals surface area contributed by atoms with E-state index in [2.05, 4.69) is 10.2 Å². The Bertz CT molecular complexity index is 269. The van der Waals surface area contributed by atoms with Crippen LogP contribution in [0.1, 0.15) is 18.5 Å². The van der Waals surface area contributed by atoms with Crippen LogP contribution in [0.4, 0.5) is 0 Å². The maximum Gasteiger partial charge on any atom is 0.264 e. The Labute approximate surface area is 58.4 Å². The molecule has 2 rings (SSSR count). The Morgan fingerprint density at radius 2 is 2.30 bits per heavy atom. The second-order valence-corrected chi connectivity index (χ2v) is 2.93.